The van der Waals surface area contributed by atoms with Crippen LogP contribution in [-0.4, -0.2) is 12.6 Å². The second-order valence-electron chi connectivity index (χ2n) is 3.13. The van der Waals surface area contributed by atoms with Crippen molar-refractivity contribution < 1.29 is 35.9 Å². The quantitative estimate of drug-likeness (QED) is 0.469. The molecule has 0 aromatic heterocycles. The van der Waals surface area contributed by atoms with E-state index in [1.165, 1.54) is 6.92 Å². The molecule has 0 heterocycles. The van der Waals surface area contributed by atoms with Gasteiger partial charge in [-0.3, -0.25) is 0 Å². The molecule has 0 bridgehead atoms. The van der Waals surface area contributed by atoms with Gasteiger partial charge in [-0.25, -0.2) is 18.0 Å². The van der Waals surface area contributed by atoms with E-state index in [0.717, 1.165) is 0 Å². The molecule has 1 aromatic rings. The lowest BCUT2D eigenvalue weighted by atomic mass is 10.1. The van der Waals surface area contributed by atoms with Gasteiger partial charge in [0.15, 0.2) is 17.5 Å². The third-order valence-electron chi connectivity index (χ3n) is 1.95. The number of esters is 1. The van der Waals surface area contributed by atoms with Gasteiger partial charge in [-0.15, -0.1) is 0 Å². The van der Waals surface area contributed by atoms with E-state index < -0.39 is 40.7 Å². The molecule has 0 N–H and O–H groups in total. The molecule has 0 atom stereocenters. The summed E-state index contributed by atoms with van der Waals surface area (Å²) < 4.78 is 80.1. The minimum absolute atomic E-state index is 0.119. The lowest BCUT2D eigenvalue weighted by Gasteiger charge is -2.11. The number of alkyl halides is 3. The van der Waals surface area contributed by atoms with E-state index in [2.05, 4.69) is 4.74 Å². The van der Waals surface area contributed by atoms with Gasteiger partial charge in [0.1, 0.15) is 0 Å². The SMILES string of the molecule is CCOC(=O)c1cc(C(F)(F)F)c(F)c(F)c1F. The van der Waals surface area contributed by atoms with Crippen molar-refractivity contribution in [3.8, 4) is 0 Å². The highest BCUT2D eigenvalue weighted by molar-refractivity contribution is 5.90. The summed E-state index contributed by atoms with van der Waals surface area (Å²) in [5, 5.41) is 0. The average molecular weight is 272 g/mol. The predicted molar refractivity (Wildman–Crippen MR) is 47.3 cm³/mol. The van der Waals surface area contributed by atoms with Crippen molar-refractivity contribution in [3.63, 3.8) is 0 Å². The zero-order valence-electron chi connectivity index (χ0n) is 8.87. The molecule has 0 amide bonds. The number of rotatable bonds is 2. The molecule has 1 aromatic carbocycles. The maximum Gasteiger partial charge on any atom is 0.419 e. The number of hydrogen-bond donors (Lipinski definition) is 0. The molecule has 0 radical (unpaired) electrons. The average Bonchev–Trinajstić information content (AvgIpc) is 2.24. The summed E-state index contributed by atoms with van der Waals surface area (Å²) >= 11 is 0. The molecule has 0 unspecified atom stereocenters. The fraction of sp³-hybridized carbons (Fsp3) is 0.300. The lowest BCUT2D eigenvalue weighted by molar-refractivity contribution is -0.140. The van der Waals surface area contributed by atoms with Crippen molar-refractivity contribution in [2.45, 2.75) is 13.1 Å². The fourth-order valence-electron chi connectivity index (χ4n) is 1.17. The van der Waals surface area contributed by atoms with Crippen LogP contribution in [0.4, 0.5) is 26.3 Å². The van der Waals surface area contributed by atoms with Crippen LogP contribution in [0, 0.1) is 17.5 Å². The van der Waals surface area contributed by atoms with E-state index >= 15 is 0 Å². The highest BCUT2D eigenvalue weighted by Crippen LogP contribution is 2.34. The predicted octanol–water partition coefficient (Wildman–Crippen LogP) is 3.30. The number of hydrogen-bond acceptors (Lipinski definition) is 2. The Kier molecular flexibility index (Phi) is 3.88. The van der Waals surface area contributed by atoms with Crippen LogP contribution in [0.2, 0.25) is 0 Å². The van der Waals surface area contributed by atoms with Crippen molar-refractivity contribution in [1.82, 2.24) is 0 Å². The molecule has 0 aliphatic heterocycles. The van der Waals surface area contributed by atoms with Crippen LogP contribution in [0.5, 0.6) is 0 Å². The molecular formula is C10H6F6O2. The third-order valence-corrected chi connectivity index (χ3v) is 1.95. The highest BCUT2D eigenvalue weighted by atomic mass is 19.4. The summed E-state index contributed by atoms with van der Waals surface area (Å²) in [6, 6.07) is -0.119. The first-order valence-electron chi connectivity index (χ1n) is 4.62. The van der Waals surface area contributed by atoms with Crippen LogP contribution in [0.15, 0.2) is 6.07 Å². The Bertz CT molecular complexity index is 480. The summed E-state index contributed by atoms with van der Waals surface area (Å²) in [4.78, 5) is 11.1. The normalized spacial score (nSPS) is 11.5. The Morgan fingerprint density at radius 2 is 1.72 bits per heavy atom. The van der Waals surface area contributed by atoms with Crippen LogP contribution in [0.1, 0.15) is 22.8 Å². The van der Waals surface area contributed by atoms with Gasteiger partial charge >= 0.3 is 12.1 Å². The van der Waals surface area contributed by atoms with Crippen LogP contribution < -0.4 is 0 Å². The monoisotopic (exact) mass is 272 g/mol. The Hall–Kier alpha value is -1.73. The van der Waals surface area contributed by atoms with Crippen molar-refractivity contribution in [2.24, 2.45) is 0 Å². The van der Waals surface area contributed by atoms with Gasteiger partial charge in [-0.2, -0.15) is 13.2 Å². The first kappa shape index (κ1) is 14.3. The molecule has 8 heteroatoms. The number of halogens is 6. The summed E-state index contributed by atoms with van der Waals surface area (Å²) in [5.74, 6) is -8.28. The van der Waals surface area contributed by atoms with Crippen LogP contribution >= 0.6 is 0 Å². The maximum absolute atomic E-state index is 13.1. The van der Waals surface area contributed by atoms with Crippen molar-refractivity contribution in [2.75, 3.05) is 6.61 Å². The summed E-state index contributed by atoms with van der Waals surface area (Å²) in [7, 11) is 0. The highest BCUT2D eigenvalue weighted by Gasteiger charge is 2.38. The first-order chi connectivity index (χ1) is 8.20. The standard InChI is InChI=1S/C10H6F6O2/c1-2-18-9(17)4-3-5(10(14,15)16)7(12)8(13)6(4)11/h3H,2H2,1H3. The Balaban J connectivity index is 3.46. The van der Waals surface area contributed by atoms with Gasteiger partial charge in [-0.1, -0.05) is 0 Å². The second-order valence-corrected chi connectivity index (χ2v) is 3.13. The topological polar surface area (TPSA) is 26.3 Å². The Labute approximate surface area is 97.2 Å². The minimum Gasteiger partial charge on any atom is -0.462 e. The molecule has 1 rings (SSSR count). The molecule has 2 nitrogen and oxygen atoms in total. The Morgan fingerprint density at radius 1 is 1.17 bits per heavy atom. The number of ether oxygens (including phenoxy) is 1. The van der Waals surface area contributed by atoms with Crippen molar-refractivity contribution in [3.05, 3.63) is 34.6 Å². The van der Waals surface area contributed by atoms with Crippen molar-refractivity contribution in [1.29, 1.82) is 0 Å². The summed E-state index contributed by atoms with van der Waals surface area (Å²) in [5.41, 5.74) is -3.37. The fourth-order valence-corrected chi connectivity index (χ4v) is 1.17. The van der Waals surface area contributed by atoms with Gasteiger partial charge < -0.3 is 4.74 Å². The van der Waals surface area contributed by atoms with Gasteiger partial charge in [0.05, 0.1) is 17.7 Å². The van der Waals surface area contributed by atoms with E-state index in [0.29, 0.717) is 0 Å². The zero-order valence-corrected chi connectivity index (χ0v) is 8.87. The second kappa shape index (κ2) is 4.87. The molecule has 0 saturated carbocycles. The van der Waals surface area contributed by atoms with E-state index in [1.54, 1.807) is 0 Å². The van der Waals surface area contributed by atoms with Gasteiger partial charge in [-0.05, 0) is 13.0 Å². The van der Waals surface area contributed by atoms with E-state index in [9.17, 15) is 31.1 Å². The molecule has 18 heavy (non-hydrogen) atoms. The summed E-state index contributed by atoms with van der Waals surface area (Å²) in [6.45, 7) is 1.07. The molecule has 0 aliphatic carbocycles. The van der Waals surface area contributed by atoms with E-state index in [-0.39, 0.29) is 12.7 Å². The van der Waals surface area contributed by atoms with Gasteiger partial charge in [0.25, 0.3) is 0 Å². The lowest BCUT2D eigenvalue weighted by Crippen LogP contribution is -2.16. The zero-order chi connectivity index (χ0) is 14.1. The van der Waals surface area contributed by atoms with Gasteiger partial charge in [0.2, 0.25) is 0 Å². The molecular weight excluding hydrogens is 266 g/mol. The maximum atomic E-state index is 13.1. The van der Waals surface area contributed by atoms with Crippen molar-refractivity contribution >= 4 is 5.97 Å². The number of carbonyl (C=O) groups is 1. The Morgan fingerprint density at radius 3 is 2.17 bits per heavy atom. The largest absolute Gasteiger partial charge is 0.462 e. The minimum atomic E-state index is -5.25. The first-order valence-corrected chi connectivity index (χ1v) is 4.62. The molecule has 0 saturated heterocycles. The van der Waals surface area contributed by atoms with Crippen LogP contribution in [0.3, 0.4) is 0 Å². The third kappa shape index (κ3) is 2.57. The number of carbonyl (C=O) groups excluding carboxylic acids is 1. The van der Waals surface area contributed by atoms with E-state index in [1.807, 2.05) is 0 Å². The molecule has 100 valence electrons. The molecule has 0 fully saturated rings. The molecule has 0 aliphatic rings. The number of benzene rings is 1. The van der Waals surface area contributed by atoms with E-state index in [4.69, 9.17) is 0 Å². The van der Waals surface area contributed by atoms with Gasteiger partial charge in [0, 0.05) is 0 Å². The smallest absolute Gasteiger partial charge is 0.419 e. The van der Waals surface area contributed by atoms with Crippen LogP contribution in [0.25, 0.3) is 0 Å². The summed E-state index contributed by atoms with van der Waals surface area (Å²) in [6.07, 6.45) is -5.25. The molecule has 0 spiro atoms. The van der Waals surface area contributed by atoms with Crippen LogP contribution in [-0.2, 0) is 10.9 Å².